The summed E-state index contributed by atoms with van der Waals surface area (Å²) in [5, 5.41) is 8.52. The van der Waals surface area contributed by atoms with Crippen LogP contribution >= 0.6 is 0 Å². The Balaban J connectivity index is 2.91. The SMILES string of the molecule is CC(C)C1OC(=O)/C(=C/O)C1=O. The molecule has 12 heavy (non-hydrogen) atoms. The normalized spacial score (nSPS) is 26.9. The van der Waals surface area contributed by atoms with Gasteiger partial charge < -0.3 is 9.84 Å². The largest absolute Gasteiger partial charge is 0.515 e. The van der Waals surface area contributed by atoms with Crippen LogP contribution in [0.5, 0.6) is 0 Å². The second-order valence-electron chi connectivity index (χ2n) is 2.98. The van der Waals surface area contributed by atoms with Crippen molar-refractivity contribution in [3.63, 3.8) is 0 Å². The Labute approximate surface area is 69.8 Å². The van der Waals surface area contributed by atoms with Crippen LogP contribution in [0.4, 0.5) is 0 Å². The van der Waals surface area contributed by atoms with Gasteiger partial charge >= 0.3 is 5.97 Å². The molecule has 0 saturated carbocycles. The topological polar surface area (TPSA) is 63.6 Å². The number of aliphatic hydroxyl groups excluding tert-OH is 1. The second-order valence-corrected chi connectivity index (χ2v) is 2.98. The molecule has 1 N–H and O–H groups in total. The summed E-state index contributed by atoms with van der Waals surface area (Å²) >= 11 is 0. The summed E-state index contributed by atoms with van der Waals surface area (Å²) in [5.74, 6) is -1.22. The van der Waals surface area contributed by atoms with E-state index in [1.807, 2.05) is 0 Å². The average molecular weight is 170 g/mol. The summed E-state index contributed by atoms with van der Waals surface area (Å²) in [6.45, 7) is 3.55. The number of aliphatic hydroxyl groups is 1. The van der Waals surface area contributed by atoms with E-state index in [0.717, 1.165) is 0 Å². The molecule has 1 fully saturated rings. The molecule has 1 aliphatic heterocycles. The van der Waals surface area contributed by atoms with Crippen LogP contribution in [0.3, 0.4) is 0 Å². The summed E-state index contributed by atoms with van der Waals surface area (Å²) in [7, 11) is 0. The van der Waals surface area contributed by atoms with Crippen molar-refractivity contribution in [3.05, 3.63) is 11.8 Å². The maximum atomic E-state index is 11.2. The molecule has 0 aromatic rings. The van der Waals surface area contributed by atoms with E-state index in [0.29, 0.717) is 6.26 Å². The highest BCUT2D eigenvalue weighted by Crippen LogP contribution is 2.21. The van der Waals surface area contributed by atoms with Gasteiger partial charge in [0.2, 0.25) is 5.78 Å². The van der Waals surface area contributed by atoms with Gasteiger partial charge in [-0.15, -0.1) is 0 Å². The van der Waals surface area contributed by atoms with Gasteiger partial charge in [-0.3, -0.25) is 4.79 Å². The monoisotopic (exact) mass is 170 g/mol. The van der Waals surface area contributed by atoms with Crippen LogP contribution in [-0.4, -0.2) is 23.0 Å². The molecule has 0 aliphatic carbocycles. The lowest BCUT2D eigenvalue weighted by Gasteiger charge is -2.09. The maximum absolute atomic E-state index is 11.2. The van der Waals surface area contributed by atoms with E-state index in [1.165, 1.54) is 0 Å². The zero-order valence-corrected chi connectivity index (χ0v) is 6.90. The van der Waals surface area contributed by atoms with E-state index in [-0.39, 0.29) is 11.5 Å². The summed E-state index contributed by atoms with van der Waals surface area (Å²) in [6, 6.07) is 0. The summed E-state index contributed by atoms with van der Waals surface area (Å²) < 4.78 is 4.72. The second kappa shape index (κ2) is 2.97. The van der Waals surface area contributed by atoms with Crippen LogP contribution in [0.1, 0.15) is 13.8 Å². The molecule has 0 aromatic heterocycles. The van der Waals surface area contributed by atoms with Gasteiger partial charge in [-0.1, -0.05) is 13.8 Å². The van der Waals surface area contributed by atoms with E-state index in [4.69, 9.17) is 9.84 Å². The average Bonchev–Trinajstić information content (AvgIpc) is 2.27. The Morgan fingerprint density at radius 2 is 2.08 bits per heavy atom. The zero-order valence-electron chi connectivity index (χ0n) is 6.90. The molecule has 0 amide bonds. The van der Waals surface area contributed by atoms with E-state index in [2.05, 4.69) is 0 Å². The number of carbonyl (C=O) groups excluding carboxylic acids is 2. The van der Waals surface area contributed by atoms with Gasteiger partial charge in [-0.2, -0.15) is 0 Å². The lowest BCUT2D eigenvalue weighted by Crippen LogP contribution is -2.22. The van der Waals surface area contributed by atoms with Crippen molar-refractivity contribution >= 4 is 11.8 Å². The van der Waals surface area contributed by atoms with Gasteiger partial charge in [0.05, 0.1) is 6.26 Å². The fraction of sp³-hybridized carbons (Fsp3) is 0.500. The summed E-state index contributed by atoms with van der Waals surface area (Å²) in [5.41, 5.74) is -0.256. The lowest BCUT2D eigenvalue weighted by atomic mass is 10.0. The van der Waals surface area contributed by atoms with Crippen molar-refractivity contribution in [1.29, 1.82) is 0 Å². The van der Waals surface area contributed by atoms with Crippen molar-refractivity contribution in [2.24, 2.45) is 5.92 Å². The highest BCUT2D eigenvalue weighted by Gasteiger charge is 2.40. The van der Waals surface area contributed by atoms with Crippen LogP contribution in [0.15, 0.2) is 11.8 Å². The molecule has 1 unspecified atom stereocenters. The first-order valence-electron chi connectivity index (χ1n) is 3.67. The number of Topliss-reactive ketones (excluding diaryl/α,β-unsaturated/α-hetero) is 1. The smallest absolute Gasteiger partial charge is 0.345 e. The molecule has 0 spiro atoms. The molecule has 1 heterocycles. The van der Waals surface area contributed by atoms with Crippen molar-refractivity contribution in [2.45, 2.75) is 20.0 Å². The molecule has 0 aromatic carbocycles. The first kappa shape index (κ1) is 8.77. The number of ketones is 1. The third kappa shape index (κ3) is 1.20. The Hall–Kier alpha value is -1.32. The van der Waals surface area contributed by atoms with Crippen LogP contribution in [-0.2, 0) is 14.3 Å². The van der Waals surface area contributed by atoms with Crippen LogP contribution < -0.4 is 0 Å². The molecule has 0 radical (unpaired) electrons. The van der Waals surface area contributed by atoms with Gasteiger partial charge in [0, 0.05) is 0 Å². The Kier molecular flexibility index (Phi) is 2.17. The minimum Gasteiger partial charge on any atom is -0.515 e. The number of esters is 1. The maximum Gasteiger partial charge on any atom is 0.345 e. The molecule has 4 heteroatoms. The quantitative estimate of drug-likeness (QED) is 0.270. The lowest BCUT2D eigenvalue weighted by molar-refractivity contribution is -0.142. The highest BCUT2D eigenvalue weighted by atomic mass is 16.6. The van der Waals surface area contributed by atoms with Gasteiger partial charge in [0.15, 0.2) is 6.10 Å². The van der Waals surface area contributed by atoms with Crippen molar-refractivity contribution in [2.75, 3.05) is 0 Å². The number of carbonyl (C=O) groups is 2. The molecular formula is C8H10O4. The predicted molar refractivity (Wildman–Crippen MR) is 40.4 cm³/mol. The van der Waals surface area contributed by atoms with E-state index >= 15 is 0 Å². The number of rotatable bonds is 1. The van der Waals surface area contributed by atoms with Gasteiger partial charge in [-0.25, -0.2) is 4.79 Å². The van der Waals surface area contributed by atoms with E-state index in [9.17, 15) is 9.59 Å². The minimum atomic E-state index is -0.735. The number of hydrogen-bond acceptors (Lipinski definition) is 4. The van der Waals surface area contributed by atoms with Crippen molar-refractivity contribution in [3.8, 4) is 0 Å². The zero-order chi connectivity index (χ0) is 9.30. The summed E-state index contributed by atoms with van der Waals surface area (Å²) in [4.78, 5) is 22.1. The first-order chi connectivity index (χ1) is 5.57. The number of cyclic esters (lactones) is 1. The minimum absolute atomic E-state index is 0.0566. The predicted octanol–water partition coefficient (Wildman–Crippen LogP) is 0.579. The Morgan fingerprint density at radius 1 is 1.50 bits per heavy atom. The van der Waals surface area contributed by atoms with E-state index < -0.39 is 17.9 Å². The molecule has 66 valence electrons. The molecule has 0 bridgehead atoms. The Morgan fingerprint density at radius 3 is 2.33 bits per heavy atom. The molecule has 4 nitrogen and oxygen atoms in total. The highest BCUT2D eigenvalue weighted by molar-refractivity contribution is 6.23. The third-order valence-corrected chi connectivity index (χ3v) is 1.71. The van der Waals surface area contributed by atoms with Crippen LogP contribution in [0.2, 0.25) is 0 Å². The van der Waals surface area contributed by atoms with Crippen LogP contribution in [0, 0.1) is 5.92 Å². The van der Waals surface area contributed by atoms with Crippen molar-refractivity contribution in [1.82, 2.24) is 0 Å². The fourth-order valence-corrected chi connectivity index (χ4v) is 1.04. The molecule has 1 atom stereocenters. The fourth-order valence-electron chi connectivity index (χ4n) is 1.04. The molecule has 1 aliphatic rings. The number of hydrogen-bond donors (Lipinski definition) is 1. The Bertz CT molecular complexity index is 252. The van der Waals surface area contributed by atoms with E-state index in [1.54, 1.807) is 13.8 Å². The van der Waals surface area contributed by atoms with Gasteiger partial charge in [-0.05, 0) is 5.92 Å². The first-order valence-corrected chi connectivity index (χ1v) is 3.67. The standard InChI is InChI=1S/C8H10O4/c1-4(2)7-6(10)5(3-9)8(11)12-7/h3-4,7,9H,1-2H3/b5-3+. The van der Waals surface area contributed by atoms with Gasteiger partial charge in [0.1, 0.15) is 5.57 Å². The molecule has 1 saturated heterocycles. The van der Waals surface area contributed by atoms with Crippen LogP contribution in [0.25, 0.3) is 0 Å². The van der Waals surface area contributed by atoms with Gasteiger partial charge in [0.25, 0.3) is 0 Å². The third-order valence-electron chi connectivity index (χ3n) is 1.71. The van der Waals surface area contributed by atoms with Crippen molar-refractivity contribution < 1.29 is 19.4 Å². The summed E-state index contributed by atoms with van der Waals surface area (Å²) in [6.07, 6.45) is -0.219. The molecular weight excluding hydrogens is 160 g/mol. The number of ether oxygens (including phenoxy) is 1. The molecule has 1 rings (SSSR count).